The Balaban J connectivity index is 1.80. The summed E-state index contributed by atoms with van der Waals surface area (Å²) in [5, 5.41) is 13.4. The van der Waals surface area contributed by atoms with E-state index in [2.05, 4.69) is 5.16 Å². The summed E-state index contributed by atoms with van der Waals surface area (Å²) in [7, 11) is 0. The maximum atomic E-state index is 11.2. The van der Waals surface area contributed by atoms with Crippen molar-refractivity contribution in [3.63, 3.8) is 0 Å². The number of ether oxygens (including phenoxy) is 3. The number of benzene rings is 3. The Morgan fingerprint density at radius 1 is 0.818 bits per heavy atom. The Morgan fingerprint density at radius 2 is 1.55 bits per heavy atom. The van der Waals surface area contributed by atoms with E-state index in [1.165, 1.54) is 0 Å². The summed E-state index contributed by atoms with van der Waals surface area (Å²) in [5.74, 6) is 1.49. The SMILES string of the molecule is CCON=C(COc1cc(CC(=O)O)cc(OCC)c1)c1cccc(Oc2ccccc2)c1. The van der Waals surface area contributed by atoms with Crippen molar-refractivity contribution in [3.8, 4) is 23.0 Å². The van der Waals surface area contributed by atoms with Crippen molar-refractivity contribution in [1.82, 2.24) is 0 Å². The van der Waals surface area contributed by atoms with Crippen LogP contribution in [-0.4, -0.2) is 36.6 Å². The Bertz CT molecular complexity index is 1080. The van der Waals surface area contributed by atoms with Crippen LogP contribution in [-0.2, 0) is 16.1 Å². The van der Waals surface area contributed by atoms with Crippen LogP contribution in [0.4, 0.5) is 0 Å². The summed E-state index contributed by atoms with van der Waals surface area (Å²) in [6, 6.07) is 22.1. The molecule has 7 heteroatoms. The highest BCUT2D eigenvalue weighted by atomic mass is 16.6. The fraction of sp³-hybridized carbons (Fsp3) is 0.231. The Labute approximate surface area is 193 Å². The lowest BCUT2D eigenvalue weighted by Gasteiger charge is -2.13. The zero-order valence-corrected chi connectivity index (χ0v) is 18.7. The van der Waals surface area contributed by atoms with E-state index in [4.69, 9.17) is 24.2 Å². The summed E-state index contributed by atoms with van der Waals surface area (Å²) >= 11 is 0. The molecule has 0 fully saturated rings. The van der Waals surface area contributed by atoms with Gasteiger partial charge in [0.2, 0.25) is 0 Å². The minimum atomic E-state index is -0.927. The third-order valence-electron chi connectivity index (χ3n) is 4.43. The fourth-order valence-corrected chi connectivity index (χ4v) is 3.06. The molecule has 0 unspecified atom stereocenters. The summed E-state index contributed by atoms with van der Waals surface area (Å²) in [4.78, 5) is 16.5. The van der Waals surface area contributed by atoms with Gasteiger partial charge < -0.3 is 24.2 Å². The minimum Gasteiger partial charge on any atom is -0.494 e. The molecule has 172 valence electrons. The second-order valence-electron chi connectivity index (χ2n) is 7.00. The van der Waals surface area contributed by atoms with Gasteiger partial charge in [0, 0.05) is 11.6 Å². The molecular weight excluding hydrogens is 422 g/mol. The molecule has 3 aromatic carbocycles. The van der Waals surface area contributed by atoms with Crippen molar-refractivity contribution >= 4 is 11.7 Å². The van der Waals surface area contributed by atoms with Crippen LogP contribution in [0.15, 0.2) is 78.0 Å². The third-order valence-corrected chi connectivity index (χ3v) is 4.43. The smallest absolute Gasteiger partial charge is 0.307 e. The van der Waals surface area contributed by atoms with Crippen molar-refractivity contribution in [2.45, 2.75) is 20.3 Å². The van der Waals surface area contributed by atoms with Gasteiger partial charge >= 0.3 is 5.97 Å². The molecule has 7 nitrogen and oxygen atoms in total. The van der Waals surface area contributed by atoms with E-state index in [0.717, 1.165) is 11.3 Å². The summed E-state index contributed by atoms with van der Waals surface area (Å²) in [6.45, 7) is 4.69. The molecule has 0 atom stereocenters. The molecule has 0 aliphatic rings. The molecule has 0 radical (unpaired) electrons. The number of hydrogen-bond acceptors (Lipinski definition) is 6. The Morgan fingerprint density at radius 3 is 2.24 bits per heavy atom. The predicted molar refractivity (Wildman–Crippen MR) is 126 cm³/mol. The summed E-state index contributed by atoms with van der Waals surface area (Å²) < 4.78 is 17.4. The highest BCUT2D eigenvalue weighted by molar-refractivity contribution is 6.01. The first-order valence-electron chi connectivity index (χ1n) is 10.7. The van der Waals surface area contributed by atoms with Gasteiger partial charge in [-0.3, -0.25) is 4.79 Å². The van der Waals surface area contributed by atoms with Crippen LogP contribution >= 0.6 is 0 Å². The van der Waals surface area contributed by atoms with Gasteiger partial charge in [-0.15, -0.1) is 0 Å². The second kappa shape index (κ2) is 12.1. The topological polar surface area (TPSA) is 86.6 Å². The van der Waals surface area contributed by atoms with Gasteiger partial charge in [-0.05, 0) is 55.8 Å². The highest BCUT2D eigenvalue weighted by Gasteiger charge is 2.11. The number of carbonyl (C=O) groups is 1. The quantitative estimate of drug-likeness (QED) is 0.297. The van der Waals surface area contributed by atoms with E-state index in [0.29, 0.717) is 41.7 Å². The average molecular weight is 450 g/mol. The van der Waals surface area contributed by atoms with Gasteiger partial charge in [-0.2, -0.15) is 0 Å². The molecule has 0 aromatic heterocycles. The highest BCUT2D eigenvalue weighted by Crippen LogP contribution is 2.25. The molecule has 0 saturated heterocycles. The zero-order chi connectivity index (χ0) is 23.5. The number of nitrogens with zero attached hydrogens (tertiary/aromatic N) is 1. The maximum absolute atomic E-state index is 11.2. The summed E-state index contributed by atoms with van der Waals surface area (Å²) in [5.41, 5.74) is 1.94. The van der Waals surface area contributed by atoms with Gasteiger partial charge in [-0.1, -0.05) is 35.5 Å². The Kier molecular flexibility index (Phi) is 8.71. The lowest BCUT2D eigenvalue weighted by Crippen LogP contribution is -2.14. The normalized spacial score (nSPS) is 11.0. The standard InChI is InChI=1S/C26H27NO6/c1-3-30-23-13-19(15-26(28)29)14-24(17-23)31-18-25(27-32-4-2)20-9-8-12-22(16-20)33-21-10-6-5-7-11-21/h5-14,16-17H,3-4,15,18H2,1-2H3,(H,28,29). The molecule has 3 rings (SSSR count). The first kappa shape index (κ1) is 23.7. The molecule has 0 aliphatic carbocycles. The molecular formula is C26H27NO6. The summed E-state index contributed by atoms with van der Waals surface area (Å²) in [6.07, 6.45) is -0.129. The van der Waals surface area contributed by atoms with E-state index in [1.807, 2.05) is 68.4 Å². The third kappa shape index (κ3) is 7.57. The van der Waals surface area contributed by atoms with Crippen LogP contribution in [0.3, 0.4) is 0 Å². The largest absolute Gasteiger partial charge is 0.494 e. The first-order valence-corrected chi connectivity index (χ1v) is 10.7. The molecule has 33 heavy (non-hydrogen) atoms. The first-order chi connectivity index (χ1) is 16.1. The molecule has 0 spiro atoms. The molecule has 0 amide bonds. The van der Waals surface area contributed by atoms with Crippen molar-refractivity contribution in [3.05, 3.63) is 83.9 Å². The lowest BCUT2D eigenvalue weighted by molar-refractivity contribution is -0.136. The fourth-order valence-electron chi connectivity index (χ4n) is 3.06. The van der Waals surface area contributed by atoms with Crippen LogP contribution in [0.2, 0.25) is 0 Å². The van der Waals surface area contributed by atoms with E-state index >= 15 is 0 Å². The number of para-hydroxylation sites is 1. The molecule has 1 N–H and O–H groups in total. The van der Waals surface area contributed by atoms with Gasteiger partial charge in [0.15, 0.2) is 0 Å². The van der Waals surface area contributed by atoms with E-state index < -0.39 is 5.97 Å². The predicted octanol–water partition coefficient (Wildman–Crippen LogP) is 5.32. The van der Waals surface area contributed by atoms with Gasteiger partial charge in [0.25, 0.3) is 0 Å². The monoisotopic (exact) mass is 449 g/mol. The van der Waals surface area contributed by atoms with Crippen molar-refractivity contribution in [1.29, 1.82) is 0 Å². The number of carboxylic acid groups (broad SMARTS) is 1. The van der Waals surface area contributed by atoms with Crippen molar-refractivity contribution < 1.29 is 28.9 Å². The average Bonchev–Trinajstić information content (AvgIpc) is 2.80. The van der Waals surface area contributed by atoms with Crippen molar-refractivity contribution in [2.24, 2.45) is 5.16 Å². The van der Waals surface area contributed by atoms with E-state index in [-0.39, 0.29) is 13.0 Å². The van der Waals surface area contributed by atoms with Gasteiger partial charge in [0.05, 0.1) is 13.0 Å². The van der Waals surface area contributed by atoms with Crippen LogP contribution in [0, 0.1) is 0 Å². The number of hydrogen-bond donors (Lipinski definition) is 1. The minimum absolute atomic E-state index is 0.108. The molecule has 0 aliphatic heterocycles. The number of rotatable bonds is 12. The van der Waals surface area contributed by atoms with Crippen LogP contribution < -0.4 is 14.2 Å². The number of aliphatic carboxylic acids is 1. The number of carboxylic acids is 1. The van der Waals surface area contributed by atoms with E-state index in [9.17, 15) is 4.79 Å². The van der Waals surface area contributed by atoms with E-state index in [1.54, 1.807) is 18.2 Å². The zero-order valence-electron chi connectivity index (χ0n) is 18.7. The van der Waals surface area contributed by atoms with Crippen molar-refractivity contribution in [2.75, 3.05) is 19.8 Å². The van der Waals surface area contributed by atoms with Crippen LogP contribution in [0.1, 0.15) is 25.0 Å². The number of oxime groups is 1. The second-order valence-corrected chi connectivity index (χ2v) is 7.00. The molecule has 0 bridgehead atoms. The lowest BCUT2D eigenvalue weighted by atomic mass is 10.1. The maximum Gasteiger partial charge on any atom is 0.307 e. The van der Waals surface area contributed by atoms with Gasteiger partial charge in [-0.25, -0.2) is 0 Å². The molecule has 0 saturated carbocycles. The molecule has 3 aromatic rings. The molecule has 0 heterocycles. The van der Waals surface area contributed by atoms with Crippen LogP contribution in [0.5, 0.6) is 23.0 Å². The van der Waals surface area contributed by atoms with Gasteiger partial charge in [0.1, 0.15) is 41.9 Å². The van der Waals surface area contributed by atoms with Crippen LogP contribution in [0.25, 0.3) is 0 Å². The Hall–Kier alpha value is -4.00.